The summed E-state index contributed by atoms with van der Waals surface area (Å²) in [7, 11) is 0. The number of nitrogens with zero attached hydrogens (tertiary/aromatic N) is 1. The third-order valence-corrected chi connectivity index (χ3v) is 4.43. The monoisotopic (exact) mass is 304 g/mol. The zero-order valence-corrected chi connectivity index (χ0v) is 12.2. The first-order chi connectivity index (χ1) is 8.61. The molecule has 0 radical (unpaired) electrons. The highest BCUT2D eigenvalue weighted by atomic mass is 79.9. The molecule has 2 unspecified atom stereocenters. The van der Waals surface area contributed by atoms with Crippen molar-refractivity contribution in [3.8, 4) is 0 Å². The van der Waals surface area contributed by atoms with Crippen molar-refractivity contribution in [3.63, 3.8) is 0 Å². The third kappa shape index (κ3) is 2.62. The number of aryl methyl sites for hydroxylation is 1. The van der Waals surface area contributed by atoms with E-state index in [9.17, 15) is 0 Å². The Bertz CT molecular complexity index is 525. The van der Waals surface area contributed by atoms with Crippen LogP contribution in [0.2, 0.25) is 0 Å². The van der Waals surface area contributed by atoms with E-state index < -0.39 is 0 Å². The maximum atomic E-state index is 6.39. The summed E-state index contributed by atoms with van der Waals surface area (Å²) in [5.74, 6) is 0.256. The molecule has 0 bridgehead atoms. The van der Waals surface area contributed by atoms with Gasteiger partial charge in [-0.2, -0.15) is 0 Å². The molecule has 1 aromatic carbocycles. The third-order valence-electron chi connectivity index (χ3n) is 3.35. The normalized spacial score (nSPS) is 14.2. The molecule has 1 heterocycles. The van der Waals surface area contributed by atoms with E-state index in [0.717, 1.165) is 10.0 Å². The number of hydrogen-bond acceptors (Lipinski definition) is 2. The molecule has 2 aromatic rings. The van der Waals surface area contributed by atoms with E-state index in [0.29, 0.717) is 0 Å². The highest BCUT2D eigenvalue weighted by Crippen LogP contribution is 2.33. The Balaban J connectivity index is 2.31. The van der Waals surface area contributed by atoms with E-state index in [2.05, 4.69) is 53.0 Å². The van der Waals surface area contributed by atoms with Crippen LogP contribution in [0.3, 0.4) is 0 Å². The highest BCUT2D eigenvalue weighted by Gasteiger charge is 2.19. The van der Waals surface area contributed by atoms with Crippen molar-refractivity contribution < 1.29 is 0 Å². The second kappa shape index (κ2) is 5.63. The number of benzene rings is 1. The average Bonchev–Trinajstić information content (AvgIpc) is 2.41. The Kier molecular flexibility index (Phi) is 4.15. The molecule has 2 N–H and O–H groups in total. The maximum Gasteiger partial charge on any atom is 0.0373 e. The van der Waals surface area contributed by atoms with Crippen LogP contribution in [-0.2, 0) is 0 Å². The summed E-state index contributed by atoms with van der Waals surface area (Å²) in [5, 5.41) is 0. The number of pyridine rings is 1. The van der Waals surface area contributed by atoms with Crippen molar-refractivity contribution in [2.24, 2.45) is 5.73 Å². The molecule has 0 spiro atoms. The first-order valence-electron chi connectivity index (χ1n) is 6.01. The largest absolute Gasteiger partial charge is 0.323 e. The van der Waals surface area contributed by atoms with Gasteiger partial charge in [0.05, 0.1) is 0 Å². The molecule has 0 saturated carbocycles. The van der Waals surface area contributed by atoms with E-state index in [-0.39, 0.29) is 12.0 Å². The molecular weight excluding hydrogens is 288 g/mol. The molecule has 0 aliphatic rings. The molecule has 0 aliphatic heterocycles. The van der Waals surface area contributed by atoms with E-state index in [1.807, 2.05) is 24.5 Å². The predicted molar refractivity (Wildman–Crippen MR) is 78.5 cm³/mol. The quantitative estimate of drug-likeness (QED) is 0.932. The smallest absolute Gasteiger partial charge is 0.0373 e. The van der Waals surface area contributed by atoms with E-state index in [4.69, 9.17) is 5.73 Å². The van der Waals surface area contributed by atoms with Crippen LogP contribution in [0.5, 0.6) is 0 Å². The molecule has 2 atom stereocenters. The molecule has 2 nitrogen and oxygen atoms in total. The fraction of sp³-hybridized carbons (Fsp3) is 0.267. The summed E-state index contributed by atoms with van der Waals surface area (Å²) in [6.45, 7) is 4.23. The van der Waals surface area contributed by atoms with Crippen molar-refractivity contribution >= 4 is 15.9 Å². The fourth-order valence-electron chi connectivity index (χ4n) is 2.07. The standard InChI is InChI=1S/C15H17BrN2/c1-10-4-3-5-13(14(10)16)15(17)11(2)12-6-8-18-9-7-12/h3-9,11,15H,17H2,1-2H3. The molecule has 0 amide bonds. The molecule has 3 heteroatoms. The van der Waals surface area contributed by atoms with Crippen LogP contribution >= 0.6 is 15.9 Å². The highest BCUT2D eigenvalue weighted by molar-refractivity contribution is 9.10. The van der Waals surface area contributed by atoms with Crippen LogP contribution in [-0.4, -0.2) is 4.98 Å². The number of nitrogens with two attached hydrogens (primary N) is 1. The lowest BCUT2D eigenvalue weighted by molar-refractivity contribution is 0.595. The van der Waals surface area contributed by atoms with Crippen LogP contribution < -0.4 is 5.73 Å². The Morgan fingerprint density at radius 1 is 1.17 bits per heavy atom. The molecule has 94 valence electrons. The number of halogens is 1. The van der Waals surface area contributed by atoms with Gasteiger partial charge < -0.3 is 5.73 Å². The Labute approximate surface area is 116 Å². The maximum absolute atomic E-state index is 6.39. The summed E-state index contributed by atoms with van der Waals surface area (Å²) in [6, 6.07) is 10.2. The first kappa shape index (κ1) is 13.2. The lowest BCUT2D eigenvalue weighted by atomic mass is 9.89. The van der Waals surface area contributed by atoms with Gasteiger partial charge >= 0.3 is 0 Å². The van der Waals surface area contributed by atoms with Crippen molar-refractivity contribution in [1.82, 2.24) is 4.98 Å². The van der Waals surface area contributed by atoms with Crippen molar-refractivity contribution in [1.29, 1.82) is 0 Å². The zero-order valence-electron chi connectivity index (χ0n) is 10.6. The van der Waals surface area contributed by atoms with Gasteiger partial charge in [-0.1, -0.05) is 41.1 Å². The molecule has 0 aliphatic carbocycles. The van der Waals surface area contributed by atoms with Crippen molar-refractivity contribution in [2.45, 2.75) is 25.8 Å². The summed E-state index contributed by atoms with van der Waals surface area (Å²) in [6.07, 6.45) is 3.62. The van der Waals surface area contributed by atoms with E-state index >= 15 is 0 Å². The van der Waals surface area contributed by atoms with E-state index in [1.165, 1.54) is 11.1 Å². The number of rotatable bonds is 3. The molecule has 0 fully saturated rings. The van der Waals surface area contributed by atoms with Gasteiger partial charge in [-0.15, -0.1) is 0 Å². The van der Waals surface area contributed by atoms with Crippen molar-refractivity contribution in [3.05, 3.63) is 63.9 Å². The van der Waals surface area contributed by atoms with Gasteiger partial charge in [-0.05, 0) is 35.7 Å². The zero-order chi connectivity index (χ0) is 13.1. The summed E-state index contributed by atoms with van der Waals surface area (Å²) < 4.78 is 1.11. The lowest BCUT2D eigenvalue weighted by Crippen LogP contribution is -2.18. The van der Waals surface area contributed by atoms with Crippen LogP contribution in [0.4, 0.5) is 0 Å². The summed E-state index contributed by atoms with van der Waals surface area (Å²) in [5.41, 5.74) is 9.97. The first-order valence-corrected chi connectivity index (χ1v) is 6.81. The number of hydrogen-bond donors (Lipinski definition) is 1. The minimum Gasteiger partial charge on any atom is -0.323 e. The minimum atomic E-state index is -0.0262. The van der Waals surface area contributed by atoms with Crippen LogP contribution in [0.1, 0.15) is 35.6 Å². The van der Waals surface area contributed by atoms with Gasteiger partial charge in [0.1, 0.15) is 0 Å². The average molecular weight is 305 g/mol. The fourth-order valence-corrected chi connectivity index (χ4v) is 2.60. The second-order valence-electron chi connectivity index (χ2n) is 4.57. The van der Waals surface area contributed by atoms with Gasteiger partial charge in [0, 0.05) is 28.8 Å². The van der Waals surface area contributed by atoms with Gasteiger partial charge in [0.15, 0.2) is 0 Å². The van der Waals surface area contributed by atoms with E-state index in [1.54, 1.807) is 0 Å². The van der Waals surface area contributed by atoms with Crippen molar-refractivity contribution in [2.75, 3.05) is 0 Å². The molecule has 18 heavy (non-hydrogen) atoms. The molecular formula is C15H17BrN2. The van der Waals surface area contributed by atoms with Gasteiger partial charge in [-0.3, -0.25) is 4.98 Å². The van der Waals surface area contributed by atoms with Gasteiger partial charge in [0.25, 0.3) is 0 Å². The Morgan fingerprint density at radius 3 is 2.50 bits per heavy atom. The minimum absolute atomic E-state index is 0.0262. The van der Waals surface area contributed by atoms with Crippen LogP contribution in [0, 0.1) is 6.92 Å². The Hall–Kier alpha value is -1.19. The predicted octanol–water partition coefficient (Wildman–Crippen LogP) is 3.96. The topological polar surface area (TPSA) is 38.9 Å². The Morgan fingerprint density at radius 2 is 1.83 bits per heavy atom. The van der Waals surface area contributed by atoms with Crippen LogP contribution in [0.15, 0.2) is 47.2 Å². The molecule has 2 rings (SSSR count). The molecule has 1 aromatic heterocycles. The van der Waals surface area contributed by atoms with Crippen LogP contribution in [0.25, 0.3) is 0 Å². The number of aromatic nitrogens is 1. The molecule has 0 saturated heterocycles. The SMILES string of the molecule is Cc1cccc(C(N)C(C)c2ccncc2)c1Br. The van der Waals surface area contributed by atoms with Gasteiger partial charge in [-0.25, -0.2) is 0 Å². The second-order valence-corrected chi connectivity index (χ2v) is 5.37. The summed E-state index contributed by atoms with van der Waals surface area (Å²) >= 11 is 3.63. The summed E-state index contributed by atoms with van der Waals surface area (Å²) in [4.78, 5) is 4.04. The van der Waals surface area contributed by atoms with Gasteiger partial charge in [0.2, 0.25) is 0 Å². The lowest BCUT2D eigenvalue weighted by Gasteiger charge is -2.22.